The summed E-state index contributed by atoms with van der Waals surface area (Å²) in [5, 5.41) is 0. The third-order valence-corrected chi connectivity index (χ3v) is 2.53. The van der Waals surface area contributed by atoms with Crippen LogP contribution in [0.5, 0.6) is 0 Å². The Bertz CT molecular complexity index is 225. The van der Waals surface area contributed by atoms with Crippen LogP contribution in [0, 0.1) is 0 Å². The van der Waals surface area contributed by atoms with Gasteiger partial charge in [0.15, 0.2) is 0 Å². The normalized spacial score (nSPS) is 23.1. The molecule has 0 aliphatic carbocycles. The van der Waals surface area contributed by atoms with Crippen molar-refractivity contribution in [2.75, 3.05) is 19.6 Å². The first kappa shape index (κ1) is 11.2. The van der Waals surface area contributed by atoms with Gasteiger partial charge in [-0.1, -0.05) is 13.5 Å². The van der Waals surface area contributed by atoms with Crippen LogP contribution in [0.25, 0.3) is 0 Å². The molecule has 3 nitrogen and oxygen atoms in total. The summed E-state index contributed by atoms with van der Waals surface area (Å²) in [6, 6.07) is 0. The Morgan fingerprint density at radius 3 is 2.93 bits per heavy atom. The van der Waals surface area contributed by atoms with Crippen LogP contribution in [-0.2, 0) is 9.53 Å². The monoisotopic (exact) mass is 197 g/mol. The fourth-order valence-electron chi connectivity index (χ4n) is 1.65. The molecule has 1 saturated heterocycles. The van der Waals surface area contributed by atoms with Crippen LogP contribution in [-0.4, -0.2) is 36.6 Å². The standard InChI is InChI=1S/C11H19NO2/c1-4-12-7-5-6-10(8-12)14-11(13)9(2)3/h10H,2,4-8H2,1,3H3. The van der Waals surface area contributed by atoms with Gasteiger partial charge in [-0.25, -0.2) is 4.79 Å². The number of likely N-dealkylation sites (tertiary alicyclic amines) is 1. The maximum Gasteiger partial charge on any atom is 0.333 e. The van der Waals surface area contributed by atoms with Crippen LogP contribution in [0.3, 0.4) is 0 Å². The van der Waals surface area contributed by atoms with Crippen LogP contribution >= 0.6 is 0 Å². The van der Waals surface area contributed by atoms with E-state index < -0.39 is 0 Å². The Morgan fingerprint density at radius 1 is 1.64 bits per heavy atom. The molecule has 0 saturated carbocycles. The lowest BCUT2D eigenvalue weighted by molar-refractivity contribution is -0.146. The third-order valence-electron chi connectivity index (χ3n) is 2.53. The van der Waals surface area contributed by atoms with E-state index in [9.17, 15) is 4.79 Å². The first-order valence-electron chi connectivity index (χ1n) is 5.22. The maximum absolute atomic E-state index is 11.3. The van der Waals surface area contributed by atoms with Gasteiger partial charge in [0.2, 0.25) is 0 Å². The molecule has 0 N–H and O–H groups in total. The number of carbonyl (C=O) groups excluding carboxylic acids is 1. The topological polar surface area (TPSA) is 29.5 Å². The van der Waals surface area contributed by atoms with E-state index in [-0.39, 0.29) is 12.1 Å². The van der Waals surface area contributed by atoms with Crippen LogP contribution in [0.15, 0.2) is 12.2 Å². The van der Waals surface area contributed by atoms with Crippen molar-refractivity contribution < 1.29 is 9.53 Å². The fraction of sp³-hybridized carbons (Fsp3) is 0.727. The van der Waals surface area contributed by atoms with E-state index in [1.54, 1.807) is 6.92 Å². The molecule has 1 atom stereocenters. The molecule has 0 bridgehead atoms. The fourth-order valence-corrected chi connectivity index (χ4v) is 1.65. The van der Waals surface area contributed by atoms with Gasteiger partial charge in [0.1, 0.15) is 6.10 Å². The summed E-state index contributed by atoms with van der Waals surface area (Å²) in [4.78, 5) is 13.6. The molecular weight excluding hydrogens is 178 g/mol. The van der Waals surface area contributed by atoms with Crippen molar-refractivity contribution in [3.05, 3.63) is 12.2 Å². The lowest BCUT2D eigenvalue weighted by Crippen LogP contribution is -2.40. The summed E-state index contributed by atoms with van der Waals surface area (Å²) in [7, 11) is 0. The second kappa shape index (κ2) is 5.15. The SMILES string of the molecule is C=C(C)C(=O)OC1CCCN(CC)C1. The molecule has 14 heavy (non-hydrogen) atoms. The Hall–Kier alpha value is -0.830. The lowest BCUT2D eigenvalue weighted by Gasteiger charge is -2.31. The summed E-state index contributed by atoms with van der Waals surface area (Å²) >= 11 is 0. The van der Waals surface area contributed by atoms with Crippen LogP contribution < -0.4 is 0 Å². The summed E-state index contributed by atoms with van der Waals surface area (Å²) in [5.74, 6) is -0.257. The van der Waals surface area contributed by atoms with E-state index >= 15 is 0 Å². The van der Waals surface area contributed by atoms with E-state index in [4.69, 9.17) is 4.74 Å². The molecule has 0 amide bonds. The van der Waals surface area contributed by atoms with Crippen molar-refractivity contribution in [2.24, 2.45) is 0 Å². The second-order valence-electron chi connectivity index (χ2n) is 3.84. The van der Waals surface area contributed by atoms with Crippen molar-refractivity contribution in [3.8, 4) is 0 Å². The number of rotatable bonds is 3. The van der Waals surface area contributed by atoms with Crippen LogP contribution in [0.1, 0.15) is 26.7 Å². The lowest BCUT2D eigenvalue weighted by atomic mass is 10.1. The number of carbonyl (C=O) groups is 1. The number of piperidine rings is 1. The molecule has 1 aliphatic rings. The highest BCUT2D eigenvalue weighted by Crippen LogP contribution is 2.13. The molecule has 0 aromatic heterocycles. The summed E-state index contributed by atoms with van der Waals surface area (Å²) in [6.07, 6.45) is 2.16. The first-order chi connectivity index (χ1) is 6.63. The van der Waals surface area contributed by atoms with Crippen molar-refractivity contribution >= 4 is 5.97 Å². The Labute approximate surface area is 85.7 Å². The Kier molecular flexibility index (Phi) is 4.14. The average molecular weight is 197 g/mol. The van der Waals surface area contributed by atoms with Crippen molar-refractivity contribution in [1.29, 1.82) is 0 Å². The molecule has 1 fully saturated rings. The number of nitrogens with zero attached hydrogens (tertiary/aromatic N) is 1. The summed E-state index contributed by atoms with van der Waals surface area (Å²) < 4.78 is 5.30. The summed E-state index contributed by atoms with van der Waals surface area (Å²) in [5.41, 5.74) is 0.485. The number of likely N-dealkylation sites (N-methyl/N-ethyl adjacent to an activating group) is 1. The highest BCUT2D eigenvalue weighted by atomic mass is 16.5. The predicted octanol–water partition coefficient (Wildman–Crippen LogP) is 1.59. The maximum atomic E-state index is 11.3. The third kappa shape index (κ3) is 3.14. The predicted molar refractivity (Wildman–Crippen MR) is 56.0 cm³/mol. The van der Waals surface area contributed by atoms with Gasteiger partial charge in [-0.15, -0.1) is 0 Å². The second-order valence-corrected chi connectivity index (χ2v) is 3.84. The van der Waals surface area contributed by atoms with Crippen molar-refractivity contribution in [3.63, 3.8) is 0 Å². The Balaban J connectivity index is 2.37. The van der Waals surface area contributed by atoms with Crippen LogP contribution in [0.2, 0.25) is 0 Å². The van der Waals surface area contributed by atoms with Crippen LogP contribution in [0.4, 0.5) is 0 Å². The zero-order valence-electron chi connectivity index (χ0n) is 9.08. The number of hydrogen-bond donors (Lipinski definition) is 0. The van der Waals surface area contributed by atoms with Gasteiger partial charge >= 0.3 is 5.97 Å². The molecule has 1 aliphatic heterocycles. The molecule has 1 rings (SSSR count). The van der Waals surface area contributed by atoms with E-state index in [1.165, 1.54) is 0 Å². The van der Waals surface area contributed by atoms with Gasteiger partial charge in [0.25, 0.3) is 0 Å². The molecule has 0 radical (unpaired) electrons. The minimum atomic E-state index is -0.257. The van der Waals surface area contributed by atoms with Gasteiger partial charge in [-0.3, -0.25) is 4.90 Å². The van der Waals surface area contributed by atoms with Crippen molar-refractivity contribution in [1.82, 2.24) is 4.90 Å². The van der Waals surface area contributed by atoms with Gasteiger partial charge in [0.05, 0.1) is 0 Å². The molecule has 3 heteroatoms. The largest absolute Gasteiger partial charge is 0.458 e. The smallest absolute Gasteiger partial charge is 0.333 e. The minimum Gasteiger partial charge on any atom is -0.458 e. The average Bonchev–Trinajstić information content (AvgIpc) is 2.18. The summed E-state index contributed by atoms with van der Waals surface area (Å²) in [6.45, 7) is 10.4. The molecule has 0 spiro atoms. The van der Waals surface area contributed by atoms with Crippen molar-refractivity contribution in [2.45, 2.75) is 32.8 Å². The van der Waals surface area contributed by atoms with E-state index in [0.29, 0.717) is 5.57 Å². The highest BCUT2D eigenvalue weighted by Gasteiger charge is 2.21. The molecular formula is C11H19NO2. The van der Waals surface area contributed by atoms with Gasteiger partial charge < -0.3 is 4.74 Å². The molecule has 80 valence electrons. The molecule has 1 heterocycles. The molecule has 0 aromatic rings. The first-order valence-corrected chi connectivity index (χ1v) is 5.22. The zero-order chi connectivity index (χ0) is 10.6. The molecule has 1 unspecified atom stereocenters. The Morgan fingerprint density at radius 2 is 2.36 bits per heavy atom. The number of hydrogen-bond acceptors (Lipinski definition) is 3. The molecule has 0 aromatic carbocycles. The van der Waals surface area contributed by atoms with Gasteiger partial charge in [-0.2, -0.15) is 0 Å². The van der Waals surface area contributed by atoms with E-state index in [0.717, 1.165) is 32.5 Å². The van der Waals surface area contributed by atoms with Gasteiger partial charge in [0, 0.05) is 12.1 Å². The van der Waals surface area contributed by atoms with E-state index in [2.05, 4.69) is 18.4 Å². The minimum absolute atomic E-state index is 0.0629. The zero-order valence-corrected chi connectivity index (χ0v) is 9.08. The van der Waals surface area contributed by atoms with Gasteiger partial charge in [-0.05, 0) is 32.9 Å². The number of esters is 1. The number of ether oxygens (including phenoxy) is 1. The quantitative estimate of drug-likeness (QED) is 0.508. The van der Waals surface area contributed by atoms with E-state index in [1.807, 2.05) is 0 Å². The highest BCUT2D eigenvalue weighted by molar-refractivity contribution is 5.87.